The van der Waals surface area contributed by atoms with Crippen LogP contribution in [0, 0.1) is 0 Å². The van der Waals surface area contributed by atoms with E-state index in [-0.39, 0.29) is 30.4 Å². The molecule has 1 unspecified atom stereocenters. The largest absolute Gasteiger partial charge is 0.496 e. The van der Waals surface area contributed by atoms with E-state index in [2.05, 4.69) is 32.8 Å². The molecular weight excluding hydrogens is 437 g/mol. The Hall–Kier alpha value is -0.840. The third kappa shape index (κ3) is 3.17. The van der Waals surface area contributed by atoms with Gasteiger partial charge < -0.3 is 25.2 Å². The van der Waals surface area contributed by atoms with Crippen LogP contribution in [0.4, 0.5) is 0 Å². The van der Waals surface area contributed by atoms with Crippen LogP contribution >= 0.6 is 22.6 Å². The first-order valence-electron chi connectivity index (χ1n) is 8.83. The lowest BCUT2D eigenvalue weighted by Crippen LogP contribution is -2.45. The van der Waals surface area contributed by atoms with E-state index in [0.29, 0.717) is 12.2 Å². The average molecular weight is 463 g/mol. The highest BCUT2D eigenvalue weighted by molar-refractivity contribution is 14.1. The molecule has 3 rings (SSSR count). The normalized spacial score (nSPS) is 30.1. The fourth-order valence-electron chi connectivity index (χ4n) is 4.12. The number of carbonyl (C=O) groups excluding carboxylic acids is 1. The summed E-state index contributed by atoms with van der Waals surface area (Å²) in [4.78, 5) is 17.0. The van der Waals surface area contributed by atoms with Gasteiger partial charge in [-0.05, 0) is 61.9 Å². The number of halogens is 1. The summed E-state index contributed by atoms with van der Waals surface area (Å²) in [7, 11) is 1.47. The van der Waals surface area contributed by atoms with Crippen molar-refractivity contribution in [1.82, 2.24) is 15.1 Å². The lowest BCUT2D eigenvalue weighted by Gasteiger charge is -2.37. The lowest BCUT2D eigenvalue weighted by atomic mass is 10.0. The molecule has 0 aromatic heterocycles. The summed E-state index contributed by atoms with van der Waals surface area (Å²) in [6, 6.07) is -0.0790. The molecule has 0 saturated carbocycles. The third-order valence-corrected chi connectivity index (χ3v) is 6.35. The molecular formula is C17H26IN3O4. The molecule has 140 valence electrons. The van der Waals surface area contributed by atoms with Crippen LogP contribution in [0.3, 0.4) is 0 Å². The van der Waals surface area contributed by atoms with Gasteiger partial charge in [-0.2, -0.15) is 0 Å². The van der Waals surface area contributed by atoms with Gasteiger partial charge in [0.25, 0.3) is 5.91 Å². The number of ether oxygens (including phenoxy) is 1. The van der Waals surface area contributed by atoms with Gasteiger partial charge in [-0.25, -0.2) is 0 Å². The van der Waals surface area contributed by atoms with E-state index in [4.69, 9.17) is 4.74 Å². The predicted octanol–water partition coefficient (Wildman–Crippen LogP) is 0.533. The van der Waals surface area contributed by atoms with Crippen molar-refractivity contribution in [2.45, 2.75) is 44.4 Å². The molecule has 0 aromatic rings. The molecule has 2 fully saturated rings. The summed E-state index contributed by atoms with van der Waals surface area (Å²) < 4.78 is 6.18. The number of carbonyl (C=O) groups is 1. The van der Waals surface area contributed by atoms with Crippen molar-refractivity contribution < 1.29 is 19.7 Å². The fraction of sp³-hybridized carbons (Fsp3) is 0.706. The summed E-state index contributed by atoms with van der Waals surface area (Å²) in [6.45, 7) is 4.31. The topological polar surface area (TPSA) is 85.3 Å². The minimum atomic E-state index is -0.947. The highest BCUT2D eigenvalue weighted by Crippen LogP contribution is 2.45. The van der Waals surface area contributed by atoms with Crippen molar-refractivity contribution >= 4 is 28.5 Å². The summed E-state index contributed by atoms with van der Waals surface area (Å²) in [5, 5.41) is 23.5. The van der Waals surface area contributed by atoms with Gasteiger partial charge >= 0.3 is 0 Å². The molecule has 0 spiro atoms. The Morgan fingerprint density at radius 3 is 2.64 bits per heavy atom. The third-order valence-electron chi connectivity index (χ3n) is 5.21. The van der Waals surface area contributed by atoms with Crippen LogP contribution < -0.4 is 5.32 Å². The Morgan fingerprint density at radius 2 is 2.08 bits per heavy atom. The van der Waals surface area contributed by atoms with Crippen LogP contribution in [-0.4, -0.2) is 77.5 Å². The second-order valence-electron chi connectivity index (χ2n) is 6.61. The van der Waals surface area contributed by atoms with Gasteiger partial charge in [0.15, 0.2) is 5.76 Å². The number of hydrogen-bond acceptors (Lipinski definition) is 6. The Bertz CT molecular complexity index is 601. The van der Waals surface area contributed by atoms with E-state index in [0.717, 1.165) is 41.6 Å². The molecule has 3 atom stereocenters. The average Bonchev–Trinajstić information content (AvgIpc) is 3.25. The summed E-state index contributed by atoms with van der Waals surface area (Å²) >= 11 is 2.16. The highest BCUT2D eigenvalue weighted by atomic mass is 127. The van der Waals surface area contributed by atoms with Gasteiger partial charge in [-0.1, -0.05) is 0 Å². The van der Waals surface area contributed by atoms with Crippen molar-refractivity contribution in [1.29, 1.82) is 0 Å². The van der Waals surface area contributed by atoms with Gasteiger partial charge in [0.05, 0.1) is 25.8 Å². The number of nitrogens with zero attached hydrogens (tertiary/aromatic N) is 2. The first-order valence-corrected chi connectivity index (χ1v) is 9.91. The smallest absolute Gasteiger partial charge is 0.271 e. The molecule has 0 bridgehead atoms. The molecule has 8 heteroatoms. The van der Waals surface area contributed by atoms with Crippen molar-refractivity contribution in [3.63, 3.8) is 0 Å². The second-order valence-corrected chi connectivity index (χ2v) is 7.78. The monoisotopic (exact) mass is 463 g/mol. The summed E-state index contributed by atoms with van der Waals surface area (Å²) in [6.07, 6.45) is 2.12. The standard InChI is InChI=1S/C17H26IN3O4/c1-3-19-17(24)14-16(25-2)15(23)12(18)13-11(20-6-4-5-7-20)8-10(9-22)21(13)14/h10-11,15,22-23H,3-9H2,1-2H3,(H,19,24)/t10-,11+,15?/m0/s1. The zero-order valence-corrected chi connectivity index (χ0v) is 16.8. The van der Waals surface area contributed by atoms with E-state index in [1.807, 2.05) is 11.8 Å². The van der Waals surface area contributed by atoms with Crippen molar-refractivity contribution in [2.24, 2.45) is 0 Å². The maximum atomic E-state index is 12.7. The number of likely N-dealkylation sites (N-methyl/N-ethyl adjacent to an activating group) is 1. The quantitative estimate of drug-likeness (QED) is 0.517. The number of methoxy groups -OCH3 is 1. The number of rotatable bonds is 5. The van der Waals surface area contributed by atoms with Crippen molar-refractivity contribution in [3.8, 4) is 0 Å². The number of fused-ring (bicyclic) bond motifs is 1. The summed E-state index contributed by atoms with van der Waals surface area (Å²) in [5.74, 6) is -0.0278. The van der Waals surface area contributed by atoms with Crippen molar-refractivity contribution in [3.05, 3.63) is 20.7 Å². The molecule has 25 heavy (non-hydrogen) atoms. The minimum absolute atomic E-state index is 0.0479. The first kappa shape index (κ1) is 18.9. The SMILES string of the molecule is CCNC(=O)C1=C(OC)C(O)C(I)=C2[C@H](N3CCCC3)C[C@@H](CO)N12. The Kier molecular flexibility index (Phi) is 5.92. The number of aliphatic hydroxyl groups is 2. The lowest BCUT2D eigenvalue weighted by molar-refractivity contribution is -0.119. The van der Waals surface area contributed by atoms with Gasteiger partial charge in [0, 0.05) is 15.8 Å². The molecule has 3 aliphatic heterocycles. The molecule has 3 N–H and O–H groups in total. The zero-order valence-electron chi connectivity index (χ0n) is 14.7. The van der Waals surface area contributed by atoms with E-state index in [1.54, 1.807) is 0 Å². The summed E-state index contributed by atoms with van der Waals surface area (Å²) in [5.41, 5.74) is 1.27. The number of amides is 1. The first-order chi connectivity index (χ1) is 12.0. The maximum Gasteiger partial charge on any atom is 0.271 e. The molecule has 7 nitrogen and oxygen atoms in total. The van der Waals surface area contributed by atoms with Gasteiger partial charge in [0.2, 0.25) is 0 Å². The van der Waals surface area contributed by atoms with Gasteiger partial charge in [-0.3, -0.25) is 9.69 Å². The molecule has 1 amide bonds. The Balaban J connectivity index is 2.07. The number of aliphatic hydroxyl groups excluding tert-OH is 2. The number of nitrogens with one attached hydrogen (secondary N) is 1. The predicted molar refractivity (Wildman–Crippen MR) is 102 cm³/mol. The number of likely N-dealkylation sites (tertiary alicyclic amines) is 1. The second kappa shape index (κ2) is 7.81. The van der Waals surface area contributed by atoms with Crippen LogP contribution in [0.15, 0.2) is 20.7 Å². The fourth-order valence-corrected chi connectivity index (χ4v) is 5.02. The maximum absolute atomic E-state index is 12.7. The van der Waals surface area contributed by atoms with E-state index < -0.39 is 6.10 Å². The Labute approximate surface area is 161 Å². The minimum Gasteiger partial charge on any atom is -0.496 e. The Morgan fingerprint density at radius 1 is 1.40 bits per heavy atom. The van der Waals surface area contributed by atoms with E-state index in [9.17, 15) is 15.0 Å². The van der Waals surface area contributed by atoms with Gasteiger partial charge in [0.1, 0.15) is 11.8 Å². The zero-order chi connectivity index (χ0) is 18.1. The van der Waals surface area contributed by atoms with E-state index in [1.165, 1.54) is 7.11 Å². The van der Waals surface area contributed by atoms with Crippen LogP contribution in [0.1, 0.15) is 26.2 Å². The molecule has 3 aliphatic rings. The number of hydrogen-bond donors (Lipinski definition) is 3. The van der Waals surface area contributed by atoms with Crippen LogP contribution in [0.2, 0.25) is 0 Å². The molecule has 0 aliphatic carbocycles. The molecule has 0 radical (unpaired) electrons. The molecule has 3 heterocycles. The van der Waals surface area contributed by atoms with Gasteiger partial charge in [-0.15, -0.1) is 0 Å². The molecule has 0 aromatic carbocycles. The van der Waals surface area contributed by atoms with Crippen LogP contribution in [0.5, 0.6) is 0 Å². The van der Waals surface area contributed by atoms with Crippen LogP contribution in [0.25, 0.3) is 0 Å². The molecule has 2 saturated heterocycles. The van der Waals surface area contributed by atoms with Crippen molar-refractivity contribution in [2.75, 3.05) is 33.4 Å². The van der Waals surface area contributed by atoms with Crippen LogP contribution in [-0.2, 0) is 9.53 Å². The highest BCUT2D eigenvalue weighted by Gasteiger charge is 2.49. The van der Waals surface area contributed by atoms with E-state index >= 15 is 0 Å².